The van der Waals surface area contributed by atoms with Gasteiger partial charge in [-0.25, -0.2) is 0 Å². The van der Waals surface area contributed by atoms with Crippen LogP contribution in [0.1, 0.15) is 50.9 Å². The van der Waals surface area contributed by atoms with Crippen molar-refractivity contribution in [2.24, 2.45) is 13.0 Å². The molecule has 1 N–H and O–H groups in total. The quantitative estimate of drug-likeness (QED) is 0.837. The first-order valence-electron chi connectivity index (χ1n) is 8.12. The maximum absolute atomic E-state index is 12.7. The molecule has 0 spiro atoms. The largest absolute Gasteiger partial charge is 0.339 e. The number of hydrogen-bond acceptors (Lipinski definition) is 3. The van der Waals surface area contributed by atoms with Crippen molar-refractivity contribution in [2.75, 3.05) is 18.4 Å². The predicted molar refractivity (Wildman–Crippen MR) is 91.6 cm³/mol. The average Bonchev–Trinajstić information content (AvgIpc) is 2.50. The second-order valence-corrected chi connectivity index (χ2v) is 5.99. The van der Waals surface area contributed by atoms with Gasteiger partial charge in [-0.2, -0.15) is 0 Å². The Balaban J connectivity index is 3.17. The number of carbonyl (C=O) groups is 2. The molecule has 1 heterocycles. The highest BCUT2D eigenvalue weighted by Gasteiger charge is 2.18. The number of nitrogens with one attached hydrogen (secondary N) is 1. The molecule has 6 nitrogen and oxygen atoms in total. The minimum absolute atomic E-state index is 0.121. The van der Waals surface area contributed by atoms with Crippen molar-refractivity contribution in [3.8, 4) is 0 Å². The van der Waals surface area contributed by atoms with Gasteiger partial charge in [-0.3, -0.25) is 14.4 Å². The molecule has 0 aliphatic carbocycles. The molecule has 0 aliphatic rings. The summed E-state index contributed by atoms with van der Waals surface area (Å²) in [5, 5.41) is 2.61. The third-order valence-corrected chi connectivity index (χ3v) is 3.49. The Kier molecular flexibility index (Phi) is 7.00. The Labute approximate surface area is 137 Å². The van der Waals surface area contributed by atoms with Gasteiger partial charge in [0.2, 0.25) is 5.91 Å². The summed E-state index contributed by atoms with van der Waals surface area (Å²) in [6, 6.07) is 1.48. The molecule has 0 bridgehead atoms. The van der Waals surface area contributed by atoms with Gasteiger partial charge in [0.25, 0.3) is 11.5 Å². The summed E-state index contributed by atoms with van der Waals surface area (Å²) >= 11 is 0. The fraction of sp³-hybridized carbons (Fsp3) is 0.588. The highest BCUT2D eigenvalue weighted by atomic mass is 16.2. The van der Waals surface area contributed by atoms with Crippen LogP contribution in [0.4, 0.5) is 5.69 Å². The topological polar surface area (TPSA) is 71.4 Å². The van der Waals surface area contributed by atoms with Crippen LogP contribution in [0.3, 0.4) is 0 Å². The fourth-order valence-electron chi connectivity index (χ4n) is 2.23. The molecule has 0 atom stereocenters. The molecular formula is C17H27N3O3. The number of rotatable bonds is 7. The highest BCUT2D eigenvalue weighted by Crippen LogP contribution is 2.11. The fourth-order valence-corrected chi connectivity index (χ4v) is 2.23. The number of aryl methyl sites for hydroxylation is 1. The molecule has 1 aromatic rings. The lowest BCUT2D eigenvalue weighted by molar-refractivity contribution is -0.118. The normalized spacial score (nSPS) is 10.7. The van der Waals surface area contributed by atoms with Gasteiger partial charge < -0.3 is 14.8 Å². The number of aromatic nitrogens is 1. The van der Waals surface area contributed by atoms with Crippen LogP contribution in [-0.4, -0.2) is 34.4 Å². The molecular weight excluding hydrogens is 294 g/mol. The molecule has 1 rings (SSSR count). The number of nitrogens with zero attached hydrogens (tertiary/aromatic N) is 2. The molecule has 128 valence electrons. The SMILES string of the molecule is CCCN(CCC)C(=O)c1cc(NC(=O)C(C)C)c(=O)n(C)c1. The first-order valence-corrected chi connectivity index (χ1v) is 8.12. The number of amides is 2. The Bertz CT molecular complexity index is 614. The predicted octanol–water partition coefficient (Wildman–Crippen LogP) is 2.24. The van der Waals surface area contributed by atoms with Crippen LogP contribution in [0.2, 0.25) is 0 Å². The van der Waals surface area contributed by atoms with E-state index in [2.05, 4.69) is 5.32 Å². The molecule has 6 heteroatoms. The van der Waals surface area contributed by atoms with E-state index < -0.39 is 0 Å². The average molecular weight is 321 g/mol. The number of anilines is 1. The van der Waals surface area contributed by atoms with E-state index in [1.807, 2.05) is 13.8 Å². The molecule has 0 saturated heterocycles. The van der Waals surface area contributed by atoms with Crippen molar-refractivity contribution in [2.45, 2.75) is 40.5 Å². The maximum atomic E-state index is 12.7. The van der Waals surface area contributed by atoms with Crippen LogP contribution in [-0.2, 0) is 11.8 Å². The Hall–Kier alpha value is -2.11. The molecule has 0 radical (unpaired) electrons. The molecule has 0 unspecified atom stereocenters. The maximum Gasteiger partial charge on any atom is 0.274 e. The van der Waals surface area contributed by atoms with Crippen molar-refractivity contribution < 1.29 is 9.59 Å². The molecule has 23 heavy (non-hydrogen) atoms. The van der Waals surface area contributed by atoms with Crippen molar-refractivity contribution >= 4 is 17.5 Å². The van der Waals surface area contributed by atoms with E-state index >= 15 is 0 Å². The lowest BCUT2D eigenvalue weighted by atomic mass is 10.2. The second kappa shape index (κ2) is 8.50. The Morgan fingerprint density at radius 1 is 1.22 bits per heavy atom. The Morgan fingerprint density at radius 2 is 1.78 bits per heavy atom. The van der Waals surface area contributed by atoms with Gasteiger partial charge in [-0.15, -0.1) is 0 Å². The molecule has 1 aromatic heterocycles. The van der Waals surface area contributed by atoms with Crippen LogP contribution in [0.15, 0.2) is 17.1 Å². The summed E-state index contributed by atoms with van der Waals surface area (Å²) in [4.78, 5) is 38.4. The zero-order valence-electron chi connectivity index (χ0n) is 14.7. The van der Waals surface area contributed by atoms with Gasteiger partial charge in [-0.05, 0) is 18.9 Å². The van der Waals surface area contributed by atoms with Crippen molar-refractivity contribution in [3.05, 3.63) is 28.2 Å². The summed E-state index contributed by atoms with van der Waals surface area (Å²) in [6.45, 7) is 8.88. The van der Waals surface area contributed by atoms with Crippen LogP contribution in [0.25, 0.3) is 0 Å². The molecule has 0 saturated carbocycles. The van der Waals surface area contributed by atoms with E-state index in [1.54, 1.807) is 25.8 Å². The number of hydrogen-bond donors (Lipinski definition) is 1. The van der Waals surface area contributed by atoms with Crippen LogP contribution in [0.5, 0.6) is 0 Å². The van der Waals surface area contributed by atoms with Gasteiger partial charge in [0.15, 0.2) is 0 Å². The van der Waals surface area contributed by atoms with Gasteiger partial charge in [0.05, 0.1) is 5.56 Å². The second-order valence-electron chi connectivity index (χ2n) is 5.99. The van der Waals surface area contributed by atoms with Crippen LogP contribution in [0, 0.1) is 5.92 Å². The zero-order valence-corrected chi connectivity index (χ0v) is 14.7. The van der Waals surface area contributed by atoms with E-state index in [9.17, 15) is 14.4 Å². The third kappa shape index (κ3) is 4.94. The lowest BCUT2D eigenvalue weighted by Crippen LogP contribution is -2.34. The van der Waals surface area contributed by atoms with E-state index in [0.717, 1.165) is 12.8 Å². The van der Waals surface area contributed by atoms with Gasteiger partial charge in [0.1, 0.15) is 5.69 Å². The lowest BCUT2D eigenvalue weighted by Gasteiger charge is -2.22. The van der Waals surface area contributed by atoms with E-state index in [4.69, 9.17) is 0 Å². The first kappa shape index (κ1) is 18.9. The zero-order chi connectivity index (χ0) is 17.6. The number of carbonyl (C=O) groups excluding carboxylic acids is 2. The van der Waals surface area contributed by atoms with E-state index in [0.29, 0.717) is 18.7 Å². The van der Waals surface area contributed by atoms with Gasteiger partial charge >= 0.3 is 0 Å². The monoisotopic (exact) mass is 321 g/mol. The van der Waals surface area contributed by atoms with Crippen molar-refractivity contribution in [3.63, 3.8) is 0 Å². The standard InChI is InChI=1S/C17H27N3O3/c1-6-8-20(9-7-2)16(22)13-10-14(17(23)19(5)11-13)18-15(21)12(3)4/h10-12H,6-9H2,1-5H3,(H,18,21). The van der Waals surface area contributed by atoms with E-state index in [-0.39, 0.29) is 29.0 Å². The van der Waals surface area contributed by atoms with Crippen LogP contribution >= 0.6 is 0 Å². The minimum atomic E-state index is -0.326. The summed E-state index contributed by atoms with van der Waals surface area (Å²) in [5.41, 5.74) is 0.228. The van der Waals surface area contributed by atoms with E-state index in [1.165, 1.54) is 16.8 Å². The molecule has 2 amide bonds. The van der Waals surface area contributed by atoms with Crippen LogP contribution < -0.4 is 10.9 Å². The number of pyridine rings is 1. The van der Waals surface area contributed by atoms with Gasteiger partial charge in [-0.1, -0.05) is 27.7 Å². The third-order valence-electron chi connectivity index (χ3n) is 3.49. The summed E-state index contributed by atoms with van der Waals surface area (Å²) < 4.78 is 1.33. The van der Waals surface area contributed by atoms with Gasteiger partial charge in [0, 0.05) is 32.3 Å². The van der Waals surface area contributed by atoms with Crippen molar-refractivity contribution in [1.82, 2.24) is 9.47 Å². The van der Waals surface area contributed by atoms with Crippen molar-refractivity contribution in [1.29, 1.82) is 0 Å². The summed E-state index contributed by atoms with van der Waals surface area (Å²) in [5.74, 6) is -0.606. The molecule has 0 aromatic carbocycles. The molecule has 0 fully saturated rings. The molecule has 0 aliphatic heterocycles. The summed E-state index contributed by atoms with van der Waals surface area (Å²) in [6.07, 6.45) is 3.26. The Morgan fingerprint density at radius 3 is 2.26 bits per heavy atom. The first-order chi connectivity index (χ1) is 10.8. The highest BCUT2D eigenvalue weighted by molar-refractivity contribution is 5.97. The summed E-state index contributed by atoms with van der Waals surface area (Å²) in [7, 11) is 1.58. The smallest absolute Gasteiger partial charge is 0.274 e. The minimum Gasteiger partial charge on any atom is -0.339 e.